The van der Waals surface area contributed by atoms with Crippen LogP contribution in [0, 0.1) is 0 Å². The molecule has 28 heavy (non-hydrogen) atoms. The first-order valence-corrected chi connectivity index (χ1v) is 9.36. The fourth-order valence-corrected chi connectivity index (χ4v) is 3.45. The largest absolute Gasteiger partial charge is 0.490 e. The van der Waals surface area contributed by atoms with Gasteiger partial charge in [-0.2, -0.15) is 10.1 Å². The van der Waals surface area contributed by atoms with Crippen LogP contribution in [0.2, 0.25) is 5.02 Å². The summed E-state index contributed by atoms with van der Waals surface area (Å²) in [5, 5.41) is 7.35. The molecule has 2 aromatic carbocycles. The van der Waals surface area contributed by atoms with Gasteiger partial charge in [-0.1, -0.05) is 41.9 Å². The van der Waals surface area contributed by atoms with E-state index in [0.29, 0.717) is 35.7 Å². The maximum atomic E-state index is 12.0. The third-order valence-electron chi connectivity index (χ3n) is 4.44. The molecule has 3 aromatic rings. The van der Waals surface area contributed by atoms with Crippen LogP contribution >= 0.6 is 11.6 Å². The monoisotopic (exact) mass is 398 g/mol. The molecule has 0 spiro atoms. The van der Waals surface area contributed by atoms with Gasteiger partial charge in [0.1, 0.15) is 12.9 Å². The SMILES string of the molecule is CCOc1cc([C@@H]2CC(=O)Nc3ncnn32)cc(Cl)c1OCc1ccccc1. The Bertz CT molecular complexity index is 990. The molecule has 8 heteroatoms. The zero-order chi connectivity index (χ0) is 19.5. The van der Waals surface area contributed by atoms with E-state index in [1.807, 2.05) is 43.3 Å². The number of hydrogen-bond acceptors (Lipinski definition) is 5. The van der Waals surface area contributed by atoms with Crippen molar-refractivity contribution in [1.29, 1.82) is 0 Å². The Balaban J connectivity index is 1.66. The van der Waals surface area contributed by atoms with Crippen molar-refractivity contribution in [1.82, 2.24) is 14.8 Å². The van der Waals surface area contributed by atoms with Crippen molar-refractivity contribution in [2.75, 3.05) is 11.9 Å². The molecule has 0 radical (unpaired) electrons. The van der Waals surface area contributed by atoms with Crippen molar-refractivity contribution >= 4 is 23.5 Å². The second-order valence-electron chi connectivity index (χ2n) is 6.33. The summed E-state index contributed by atoms with van der Waals surface area (Å²) in [6.07, 6.45) is 1.65. The van der Waals surface area contributed by atoms with Gasteiger partial charge in [-0.3, -0.25) is 10.1 Å². The minimum atomic E-state index is -0.314. The first-order chi connectivity index (χ1) is 13.7. The highest BCUT2D eigenvalue weighted by Gasteiger charge is 2.29. The summed E-state index contributed by atoms with van der Waals surface area (Å²) in [5.41, 5.74) is 1.84. The maximum absolute atomic E-state index is 12.0. The Labute approximate surface area is 167 Å². The average molecular weight is 399 g/mol. The Morgan fingerprint density at radius 3 is 2.86 bits per heavy atom. The Morgan fingerprint density at radius 2 is 2.07 bits per heavy atom. The lowest BCUT2D eigenvalue weighted by molar-refractivity contribution is -0.117. The van der Waals surface area contributed by atoms with Gasteiger partial charge < -0.3 is 9.47 Å². The number of aromatic nitrogens is 3. The predicted octanol–water partition coefficient (Wildman–Crippen LogP) is 3.84. The van der Waals surface area contributed by atoms with E-state index in [-0.39, 0.29) is 18.4 Å². The van der Waals surface area contributed by atoms with Crippen LogP contribution in [-0.2, 0) is 11.4 Å². The van der Waals surface area contributed by atoms with E-state index in [4.69, 9.17) is 21.1 Å². The molecule has 1 N–H and O–H groups in total. The second-order valence-corrected chi connectivity index (χ2v) is 6.74. The van der Waals surface area contributed by atoms with Gasteiger partial charge in [0.15, 0.2) is 11.5 Å². The van der Waals surface area contributed by atoms with Crippen molar-refractivity contribution < 1.29 is 14.3 Å². The van der Waals surface area contributed by atoms with Crippen LogP contribution in [0.15, 0.2) is 48.8 Å². The number of hydrogen-bond donors (Lipinski definition) is 1. The lowest BCUT2D eigenvalue weighted by atomic mass is 10.0. The molecule has 0 bridgehead atoms. The summed E-state index contributed by atoms with van der Waals surface area (Å²) in [5.74, 6) is 1.31. The van der Waals surface area contributed by atoms with E-state index in [1.165, 1.54) is 6.33 Å². The van der Waals surface area contributed by atoms with Crippen LogP contribution in [0.4, 0.5) is 5.95 Å². The van der Waals surface area contributed by atoms with Crippen LogP contribution in [0.25, 0.3) is 0 Å². The number of nitrogens with zero attached hydrogens (tertiary/aromatic N) is 3. The molecule has 7 nitrogen and oxygen atoms in total. The molecule has 144 valence electrons. The first-order valence-electron chi connectivity index (χ1n) is 8.98. The van der Waals surface area contributed by atoms with Crippen LogP contribution in [0.1, 0.15) is 30.5 Å². The lowest BCUT2D eigenvalue weighted by Gasteiger charge is -2.25. The summed E-state index contributed by atoms with van der Waals surface area (Å²) < 4.78 is 13.4. The zero-order valence-electron chi connectivity index (χ0n) is 15.3. The molecule has 0 fully saturated rings. The number of amides is 1. The van der Waals surface area contributed by atoms with E-state index in [2.05, 4.69) is 15.4 Å². The molecule has 1 aliphatic rings. The van der Waals surface area contributed by atoms with E-state index >= 15 is 0 Å². The Hall–Kier alpha value is -3.06. The summed E-state index contributed by atoms with van der Waals surface area (Å²) >= 11 is 6.54. The number of nitrogens with one attached hydrogen (secondary N) is 1. The number of carbonyl (C=O) groups excluding carboxylic acids is 1. The van der Waals surface area contributed by atoms with Gasteiger partial charge in [-0.15, -0.1) is 0 Å². The number of fused-ring (bicyclic) bond motifs is 1. The summed E-state index contributed by atoms with van der Waals surface area (Å²) in [6, 6.07) is 13.2. The molecular formula is C20H19ClN4O3. The Morgan fingerprint density at radius 1 is 1.25 bits per heavy atom. The normalized spacial score (nSPS) is 15.6. The third kappa shape index (κ3) is 3.66. The van der Waals surface area contributed by atoms with E-state index in [0.717, 1.165) is 11.1 Å². The van der Waals surface area contributed by atoms with Gasteiger partial charge in [0, 0.05) is 0 Å². The standard InChI is InChI=1S/C20H19ClN4O3/c1-2-27-17-9-14(16-10-18(26)24-20-22-12-23-25(16)20)8-15(21)19(17)28-11-13-6-4-3-5-7-13/h3-9,12,16H,2,10-11H2,1H3,(H,22,23,24,26)/t16-/m0/s1. The third-order valence-corrected chi connectivity index (χ3v) is 4.72. The predicted molar refractivity (Wildman–Crippen MR) is 105 cm³/mol. The van der Waals surface area contributed by atoms with Gasteiger partial charge in [-0.25, -0.2) is 4.68 Å². The molecule has 0 saturated heterocycles. The van der Waals surface area contributed by atoms with Crippen molar-refractivity contribution in [2.45, 2.75) is 26.0 Å². The average Bonchev–Trinajstić information content (AvgIpc) is 3.16. The lowest BCUT2D eigenvalue weighted by Crippen LogP contribution is -2.29. The van der Waals surface area contributed by atoms with Crippen molar-refractivity contribution in [2.24, 2.45) is 0 Å². The highest BCUT2D eigenvalue weighted by molar-refractivity contribution is 6.32. The topological polar surface area (TPSA) is 78.3 Å². The van der Waals surface area contributed by atoms with E-state index in [9.17, 15) is 4.79 Å². The van der Waals surface area contributed by atoms with Crippen molar-refractivity contribution in [3.05, 3.63) is 64.9 Å². The van der Waals surface area contributed by atoms with Gasteiger partial charge in [-0.05, 0) is 30.2 Å². The molecular weight excluding hydrogens is 380 g/mol. The highest BCUT2D eigenvalue weighted by atomic mass is 35.5. The molecule has 0 saturated carbocycles. The number of carbonyl (C=O) groups is 1. The van der Waals surface area contributed by atoms with Gasteiger partial charge >= 0.3 is 0 Å². The molecule has 1 atom stereocenters. The molecule has 1 amide bonds. The van der Waals surface area contributed by atoms with Gasteiger partial charge in [0.2, 0.25) is 11.9 Å². The van der Waals surface area contributed by atoms with Crippen LogP contribution in [-0.4, -0.2) is 27.3 Å². The van der Waals surface area contributed by atoms with E-state index < -0.39 is 0 Å². The summed E-state index contributed by atoms with van der Waals surface area (Å²) in [4.78, 5) is 16.1. The summed E-state index contributed by atoms with van der Waals surface area (Å²) in [6.45, 7) is 2.73. The fourth-order valence-electron chi connectivity index (χ4n) is 3.18. The molecule has 1 aromatic heterocycles. The molecule has 4 rings (SSSR count). The minimum Gasteiger partial charge on any atom is -0.490 e. The highest BCUT2D eigenvalue weighted by Crippen LogP contribution is 2.41. The number of benzene rings is 2. The molecule has 0 unspecified atom stereocenters. The van der Waals surface area contributed by atoms with Crippen LogP contribution < -0.4 is 14.8 Å². The maximum Gasteiger partial charge on any atom is 0.229 e. The van der Waals surface area contributed by atoms with E-state index in [1.54, 1.807) is 10.7 Å². The quantitative estimate of drug-likeness (QED) is 0.682. The smallest absolute Gasteiger partial charge is 0.229 e. The van der Waals surface area contributed by atoms with Gasteiger partial charge in [0.25, 0.3) is 0 Å². The first kappa shape index (κ1) is 18.3. The van der Waals surface area contributed by atoms with Crippen molar-refractivity contribution in [3.63, 3.8) is 0 Å². The number of anilines is 1. The van der Waals surface area contributed by atoms with Crippen molar-refractivity contribution in [3.8, 4) is 11.5 Å². The zero-order valence-corrected chi connectivity index (χ0v) is 16.0. The second kappa shape index (κ2) is 7.90. The Kier molecular flexibility index (Phi) is 5.16. The molecule has 2 heterocycles. The molecule has 1 aliphatic heterocycles. The number of ether oxygens (including phenoxy) is 2. The molecule has 0 aliphatic carbocycles. The number of halogens is 1. The number of rotatable bonds is 6. The van der Waals surface area contributed by atoms with Crippen LogP contribution in [0.5, 0.6) is 11.5 Å². The van der Waals surface area contributed by atoms with Gasteiger partial charge in [0.05, 0.1) is 24.1 Å². The van der Waals surface area contributed by atoms with Crippen LogP contribution in [0.3, 0.4) is 0 Å². The fraction of sp³-hybridized carbons (Fsp3) is 0.250. The minimum absolute atomic E-state index is 0.121. The summed E-state index contributed by atoms with van der Waals surface area (Å²) in [7, 11) is 0.